The average Bonchev–Trinajstić information content (AvgIpc) is 2.84. The lowest BCUT2D eigenvalue weighted by molar-refractivity contribution is -0.121. The molecular weight excluding hydrogens is 340 g/mol. The fourth-order valence-electron chi connectivity index (χ4n) is 2.97. The Labute approximate surface area is 150 Å². The molecule has 0 bridgehead atoms. The zero-order valence-electron chi connectivity index (χ0n) is 13.5. The van der Waals surface area contributed by atoms with E-state index in [1.54, 1.807) is 0 Å². The normalized spacial score (nSPS) is 17.2. The molecule has 0 radical (unpaired) electrons. The molecule has 24 heavy (non-hydrogen) atoms. The van der Waals surface area contributed by atoms with Gasteiger partial charge in [0.2, 0.25) is 11.0 Å². The average molecular weight is 363 g/mol. The van der Waals surface area contributed by atoms with E-state index >= 15 is 0 Å². The molecule has 1 aromatic carbocycles. The molecule has 1 aliphatic carbocycles. The lowest BCUT2D eigenvalue weighted by atomic mass is 10.1. The summed E-state index contributed by atoms with van der Waals surface area (Å²) in [6.07, 6.45) is 7.08. The standard InChI is InChI=1S/C17H22N4OS2/c18-16-20-21-17(24-16)23-14(12-8-4-3-5-9-12)15(22)19-13-10-6-1-2-7-11-13/h3-5,8-9,13-14H,1-2,6-7,10-11H2,(H2,18,20)(H,19,22). The van der Waals surface area contributed by atoms with E-state index in [1.807, 2.05) is 30.3 Å². The van der Waals surface area contributed by atoms with E-state index in [2.05, 4.69) is 15.5 Å². The molecule has 1 amide bonds. The molecule has 1 heterocycles. The van der Waals surface area contributed by atoms with E-state index in [0.29, 0.717) is 5.13 Å². The zero-order valence-corrected chi connectivity index (χ0v) is 15.1. The molecule has 1 fully saturated rings. The molecule has 1 atom stereocenters. The van der Waals surface area contributed by atoms with Crippen LogP contribution < -0.4 is 11.1 Å². The molecule has 0 spiro atoms. The third-order valence-electron chi connectivity index (χ3n) is 4.18. The van der Waals surface area contributed by atoms with Gasteiger partial charge in [-0.2, -0.15) is 0 Å². The smallest absolute Gasteiger partial charge is 0.238 e. The van der Waals surface area contributed by atoms with E-state index in [9.17, 15) is 4.79 Å². The number of hydrogen-bond donors (Lipinski definition) is 2. The summed E-state index contributed by atoms with van der Waals surface area (Å²) < 4.78 is 0.720. The van der Waals surface area contributed by atoms with Crippen LogP contribution in [0.2, 0.25) is 0 Å². The van der Waals surface area contributed by atoms with Crippen molar-refractivity contribution in [2.45, 2.75) is 54.2 Å². The maximum Gasteiger partial charge on any atom is 0.238 e. The van der Waals surface area contributed by atoms with Crippen LogP contribution in [-0.2, 0) is 4.79 Å². The van der Waals surface area contributed by atoms with Crippen molar-refractivity contribution in [2.24, 2.45) is 0 Å². The Bertz CT molecular complexity index is 654. The van der Waals surface area contributed by atoms with Gasteiger partial charge in [0, 0.05) is 6.04 Å². The second kappa shape index (κ2) is 8.48. The van der Waals surface area contributed by atoms with Crippen LogP contribution in [0.4, 0.5) is 5.13 Å². The van der Waals surface area contributed by atoms with Crippen molar-refractivity contribution in [3.05, 3.63) is 35.9 Å². The van der Waals surface area contributed by atoms with Crippen LogP contribution in [0.25, 0.3) is 0 Å². The Morgan fingerprint density at radius 3 is 2.50 bits per heavy atom. The molecule has 128 valence electrons. The predicted molar refractivity (Wildman–Crippen MR) is 99.0 cm³/mol. The second-order valence-corrected chi connectivity index (χ2v) is 8.37. The summed E-state index contributed by atoms with van der Waals surface area (Å²) in [4.78, 5) is 12.9. The summed E-state index contributed by atoms with van der Waals surface area (Å²) in [6.45, 7) is 0. The van der Waals surface area contributed by atoms with Gasteiger partial charge in [0.15, 0.2) is 4.34 Å². The molecular formula is C17H22N4OS2. The van der Waals surface area contributed by atoms with Gasteiger partial charge >= 0.3 is 0 Å². The number of nitrogen functional groups attached to an aromatic ring is 1. The number of benzene rings is 1. The maximum absolute atomic E-state index is 12.9. The van der Waals surface area contributed by atoms with Gasteiger partial charge < -0.3 is 11.1 Å². The van der Waals surface area contributed by atoms with Crippen molar-refractivity contribution in [1.82, 2.24) is 15.5 Å². The van der Waals surface area contributed by atoms with Gasteiger partial charge in [0.25, 0.3) is 0 Å². The number of nitrogens with two attached hydrogens (primary N) is 1. The molecule has 1 aromatic heterocycles. The van der Waals surface area contributed by atoms with Crippen LogP contribution in [0.1, 0.15) is 49.3 Å². The summed E-state index contributed by atoms with van der Waals surface area (Å²) in [6, 6.07) is 10.1. The van der Waals surface area contributed by atoms with Crippen molar-refractivity contribution in [2.75, 3.05) is 5.73 Å². The zero-order chi connectivity index (χ0) is 16.8. The van der Waals surface area contributed by atoms with Gasteiger partial charge in [-0.25, -0.2) is 0 Å². The molecule has 3 rings (SSSR count). The minimum atomic E-state index is -0.332. The highest BCUT2D eigenvalue weighted by molar-refractivity contribution is 8.01. The Balaban J connectivity index is 1.74. The first-order valence-corrected chi connectivity index (χ1v) is 10.0. The summed E-state index contributed by atoms with van der Waals surface area (Å²) in [5, 5.41) is 11.2. The Kier molecular flexibility index (Phi) is 6.09. The lowest BCUT2D eigenvalue weighted by Crippen LogP contribution is -2.37. The van der Waals surface area contributed by atoms with E-state index in [1.165, 1.54) is 48.8 Å². The number of thioether (sulfide) groups is 1. The molecule has 2 aromatic rings. The summed E-state index contributed by atoms with van der Waals surface area (Å²) in [5.41, 5.74) is 6.64. The van der Waals surface area contributed by atoms with Gasteiger partial charge in [-0.05, 0) is 18.4 Å². The van der Waals surface area contributed by atoms with Crippen LogP contribution >= 0.6 is 23.1 Å². The first kappa shape index (κ1) is 17.2. The molecule has 0 saturated heterocycles. The van der Waals surface area contributed by atoms with Gasteiger partial charge in [-0.1, -0.05) is 79.1 Å². The van der Waals surface area contributed by atoms with Crippen LogP contribution in [0.5, 0.6) is 0 Å². The SMILES string of the molecule is Nc1nnc(SC(C(=O)NC2CCCCCC2)c2ccccc2)s1. The predicted octanol–water partition coefficient (Wildman–Crippen LogP) is 3.79. The second-order valence-electron chi connectivity index (χ2n) is 6.01. The molecule has 0 aliphatic heterocycles. The third kappa shape index (κ3) is 4.70. The first-order chi connectivity index (χ1) is 11.7. The van der Waals surface area contributed by atoms with Crippen LogP contribution in [-0.4, -0.2) is 22.1 Å². The molecule has 5 nitrogen and oxygen atoms in total. The van der Waals surface area contributed by atoms with Gasteiger partial charge in [-0.15, -0.1) is 10.2 Å². The Morgan fingerprint density at radius 2 is 1.88 bits per heavy atom. The minimum absolute atomic E-state index is 0.0480. The number of rotatable bonds is 5. The highest BCUT2D eigenvalue weighted by atomic mass is 32.2. The van der Waals surface area contributed by atoms with Gasteiger partial charge in [-0.3, -0.25) is 4.79 Å². The Hall–Kier alpha value is -1.60. The van der Waals surface area contributed by atoms with Crippen molar-refractivity contribution in [3.8, 4) is 0 Å². The fourth-order valence-corrected chi connectivity index (χ4v) is 4.81. The van der Waals surface area contributed by atoms with Crippen molar-refractivity contribution in [3.63, 3.8) is 0 Å². The number of carbonyl (C=O) groups excluding carboxylic acids is 1. The molecule has 3 N–H and O–H groups in total. The highest BCUT2D eigenvalue weighted by Crippen LogP contribution is 2.37. The number of hydrogen-bond acceptors (Lipinski definition) is 6. The highest BCUT2D eigenvalue weighted by Gasteiger charge is 2.26. The number of amides is 1. The quantitative estimate of drug-likeness (QED) is 0.625. The van der Waals surface area contributed by atoms with E-state index in [0.717, 1.165) is 22.7 Å². The monoisotopic (exact) mass is 362 g/mol. The number of nitrogens with zero attached hydrogens (tertiary/aromatic N) is 2. The largest absolute Gasteiger partial charge is 0.374 e. The third-order valence-corrected chi connectivity index (χ3v) is 6.27. The van der Waals surface area contributed by atoms with Gasteiger partial charge in [0.05, 0.1) is 0 Å². The van der Waals surface area contributed by atoms with E-state index in [-0.39, 0.29) is 17.2 Å². The summed E-state index contributed by atoms with van der Waals surface area (Å²) in [7, 11) is 0. The summed E-state index contributed by atoms with van der Waals surface area (Å²) >= 11 is 2.73. The molecule has 1 unspecified atom stereocenters. The lowest BCUT2D eigenvalue weighted by Gasteiger charge is -2.21. The topological polar surface area (TPSA) is 80.9 Å². The molecule has 1 aliphatic rings. The van der Waals surface area contributed by atoms with Crippen LogP contribution in [0.3, 0.4) is 0 Å². The summed E-state index contributed by atoms with van der Waals surface area (Å²) in [5.74, 6) is 0.0480. The maximum atomic E-state index is 12.9. The number of nitrogens with one attached hydrogen (secondary N) is 1. The number of anilines is 1. The van der Waals surface area contributed by atoms with Crippen LogP contribution in [0, 0.1) is 0 Å². The minimum Gasteiger partial charge on any atom is -0.374 e. The van der Waals surface area contributed by atoms with E-state index < -0.39 is 0 Å². The fraction of sp³-hybridized carbons (Fsp3) is 0.471. The van der Waals surface area contributed by atoms with Crippen molar-refractivity contribution < 1.29 is 4.79 Å². The van der Waals surface area contributed by atoms with Crippen molar-refractivity contribution >= 4 is 34.1 Å². The van der Waals surface area contributed by atoms with E-state index in [4.69, 9.17) is 5.73 Å². The number of aromatic nitrogens is 2. The molecule has 1 saturated carbocycles. The first-order valence-electron chi connectivity index (χ1n) is 8.33. The number of carbonyl (C=O) groups is 1. The van der Waals surface area contributed by atoms with Gasteiger partial charge in [0.1, 0.15) is 5.25 Å². The van der Waals surface area contributed by atoms with Crippen LogP contribution in [0.15, 0.2) is 34.7 Å². The molecule has 7 heteroatoms. The van der Waals surface area contributed by atoms with Crippen molar-refractivity contribution in [1.29, 1.82) is 0 Å². The Morgan fingerprint density at radius 1 is 1.17 bits per heavy atom.